The Morgan fingerprint density at radius 3 is 2.74 bits per heavy atom. The fraction of sp³-hybridized carbons (Fsp3) is 0.522. The number of aliphatic carboxylic acids is 1. The van der Waals surface area contributed by atoms with E-state index in [0.29, 0.717) is 6.42 Å². The highest BCUT2D eigenvalue weighted by atomic mass is 16.4. The van der Waals surface area contributed by atoms with Gasteiger partial charge in [-0.05, 0) is 62.0 Å². The van der Waals surface area contributed by atoms with Crippen molar-refractivity contribution in [1.29, 1.82) is 0 Å². The van der Waals surface area contributed by atoms with Crippen LogP contribution in [0.3, 0.4) is 0 Å². The van der Waals surface area contributed by atoms with E-state index in [9.17, 15) is 15.0 Å². The van der Waals surface area contributed by atoms with Crippen molar-refractivity contribution in [3.05, 3.63) is 46.7 Å². The zero-order chi connectivity index (χ0) is 19.0. The minimum atomic E-state index is -1.06. The van der Waals surface area contributed by atoms with Crippen molar-refractivity contribution in [1.82, 2.24) is 4.98 Å². The zero-order valence-electron chi connectivity index (χ0n) is 16.0. The fourth-order valence-electron chi connectivity index (χ4n) is 6.47. The number of aromatic nitrogens is 1. The lowest BCUT2D eigenvalue weighted by atomic mass is 9.47. The van der Waals surface area contributed by atoms with Gasteiger partial charge in [0, 0.05) is 23.0 Å². The highest BCUT2D eigenvalue weighted by molar-refractivity contribution is 5.85. The van der Waals surface area contributed by atoms with Gasteiger partial charge in [-0.3, -0.25) is 4.79 Å². The van der Waals surface area contributed by atoms with E-state index in [-0.39, 0.29) is 11.3 Å². The number of aliphatic hydroxyl groups excluding tert-OH is 1. The second kappa shape index (κ2) is 5.48. The molecule has 2 aromatic rings. The maximum atomic E-state index is 12.2. The molecule has 1 aromatic heterocycles. The summed E-state index contributed by atoms with van der Waals surface area (Å²) in [6.45, 7) is 4.03. The molecule has 27 heavy (non-hydrogen) atoms. The molecule has 4 heteroatoms. The van der Waals surface area contributed by atoms with Crippen LogP contribution in [0.2, 0.25) is 0 Å². The number of rotatable bonds is 1. The molecular formula is C23H27NO3. The first kappa shape index (κ1) is 17.1. The van der Waals surface area contributed by atoms with Crippen molar-refractivity contribution in [2.75, 3.05) is 0 Å². The van der Waals surface area contributed by atoms with Gasteiger partial charge in [-0.2, -0.15) is 0 Å². The number of carboxylic acid groups (broad SMARTS) is 1. The summed E-state index contributed by atoms with van der Waals surface area (Å²) in [4.78, 5) is 15.8. The molecule has 0 bridgehead atoms. The fourth-order valence-corrected chi connectivity index (χ4v) is 6.47. The first-order chi connectivity index (χ1) is 12.9. The van der Waals surface area contributed by atoms with E-state index in [0.717, 1.165) is 32.1 Å². The number of aromatic amines is 1. The monoisotopic (exact) mass is 365 g/mol. The van der Waals surface area contributed by atoms with Crippen LogP contribution in [0.1, 0.15) is 50.8 Å². The standard InChI is InChI=1S/C23H27NO3/c1-22-10-9-20(25)23(2,21(26)27)19(22)8-7-13-11-18-15(12-16(13)22)14-5-3-4-6-17(14)24-18/h3-6,19-20,24-25H,7-12H2,1-2H3,(H,26,27). The molecule has 4 atom stereocenters. The third-order valence-corrected chi connectivity index (χ3v) is 8.08. The third-order valence-electron chi connectivity index (χ3n) is 8.08. The number of hydrogen-bond acceptors (Lipinski definition) is 2. The molecule has 3 aliphatic carbocycles. The van der Waals surface area contributed by atoms with Crippen molar-refractivity contribution in [2.45, 2.75) is 58.5 Å². The van der Waals surface area contributed by atoms with E-state index in [1.54, 1.807) is 6.92 Å². The molecule has 0 spiro atoms. The molecule has 5 rings (SSSR count). The van der Waals surface area contributed by atoms with Gasteiger partial charge in [-0.25, -0.2) is 0 Å². The topological polar surface area (TPSA) is 73.3 Å². The number of allylic oxidation sites excluding steroid dienone is 2. The Labute approximate surface area is 159 Å². The van der Waals surface area contributed by atoms with E-state index in [1.807, 2.05) is 0 Å². The summed E-state index contributed by atoms with van der Waals surface area (Å²) in [7, 11) is 0. The Morgan fingerprint density at radius 1 is 1.19 bits per heavy atom. The molecule has 3 N–H and O–H groups in total. The molecule has 4 nitrogen and oxygen atoms in total. The van der Waals surface area contributed by atoms with E-state index in [1.165, 1.54) is 33.3 Å². The summed E-state index contributed by atoms with van der Waals surface area (Å²) in [6, 6.07) is 8.47. The largest absolute Gasteiger partial charge is 0.481 e. The summed E-state index contributed by atoms with van der Waals surface area (Å²) in [5.41, 5.74) is 5.65. The summed E-state index contributed by atoms with van der Waals surface area (Å²) < 4.78 is 0. The number of aliphatic hydroxyl groups is 1. The zero-order valence-corrected chi connectivity index (χ0v) is 16.0. The van der Waals surface area contributed by atoms with Gasteiger partial charge in [-0.15, -0.1) is 0 Å². The maximum absolute atomic E-state index is 12.2. The SMILES string of the molecule is CC12CCC(O)C(C)(C(=O)O)C1CCC1=C2Cc2c([nH]c3ccccc23)C1. The van der Waals surface area contributed by atoms with Crippen LogP contribution >= 0.6 is 0 Å². The van der Waals surface area contributed by atoms with E-state index >= 15 is 0 Å². The molecule has 0 aliphatic heterocycles. The number of fused-ring (bicyclic) bond motifs is 5. The lowest BCUT2D eigenvalue weighted by Crippen LogP contribution is -2.57. The van der Waals surface area contributed by atoms with Crippen LogP contribution in [0.15, 0.2) is 35.4 Å². The Morgan fingerprint density at radius 2 is 1.96 bits per heavy atom. The number of carbonyl (C=O) groups is 1. The molecule has 142 valence electrons. The smallest absolute Gasteiger partial charge is 0.312 e. The first-order valence-corrected chi connectivity index (χ1v) is 10.1. The Bertz CT molecular complexity index is 987. The first-order valence-electron chi connectivity index (χ1n) is 10.1. The highest BCUT2D eigenvalue weighted by Crippen LogP contribution is 2.61. The predicted molar refractivity (Wildman–Crippen MR) is 105 cm³/mol. The van der Waals surface area contributed by atoms with Crippen LogP contribution < -0.4 is 0 Å². The van der Waals surface area contributed by atoms with Gasteiger partial charge in [0.1, 0.15) is 0 Å². The Hall–Kier alpha value is -2.07. The van der Waals surface area contributed by atoms with Crippen molar-refractivity contribution >= 4 is 16.9 Å². The lowest BCUT2D eigenvalue weighted by molar-refractivity contribution is -0.174. The van der Waals surface area contributed by atoms with Crippen LogP contribution in [0.5, 0.6) is 0 Å². The maximum Gasteiger partial charge on any atom is 0.312 e. The second-order valence-corrected chi connectivity index (χ2v) is 9.21. The molecular weight excluding hydrogens is 338 g/mol. The summed E-state index contributed by atoms with van der Waals surface area (Å²) in [5.74, 6) is -0.865. The van der Waals surface area contributed by atoms with E-state index < -0.39 is 17.5 Å². The second-order valence-electron chi connectivity index (χ2n) is 9.21. The number of carboxylic acids is 1. The number of para-hydroxylation sites is 1. The Balaban J connectivity index is 1.62. The van der Waals surface area contributed by atoms with Crippen molar-refractivity contribution < 1.29 is 15.0 Å². The van der Waals surface area contributed by atoms with Gasteiger partial charge in [0.05, 0.1) is 11.5 Å². The molecule has 3 aliphatic rings. The van der Waals surface area contributed by atoms with Crippen LogP contribution in [0.25, 0.3) is 10.9 Å². The van der Waals surface area contributed by atoms with Gasteiger partial charge >= 0.3 is 5.97 Å². The summed E-state index contributed by atoms with van der Waals surface area (Å²) in [5, 5.41) is 21.9. The average Bonchev–Trinajstić information content (AvgIpc) is 3.01. The number of H-pyrrole nitrogens is 1. The van der Waals surface area contributed by atoms with Gasteiger partial charge in [0.2, 0.25) is 0 Å². The lowest BCUT2D eigenvalue weighted by Gasteiger charge is -2.56. The minimum absolute atomic E-state index is 0.0169. The van der Waals surface area contributed by atoms with Crippen LogP contribution in [-0.4, -0.2) is 27.3 Å². The molecule has 0 amide bonds. The van der Waals surface area contributed by atoms with Crippen molar-refractivity contribution in [2.24, 2.45) is 16.7 Å². The summed E-state index contributed by atoms with van der Waals surface area (Å²) >= 11 is 0. The molecule has 1 aromatic carbocycles. The van der Waals surface area contributed by atoms with Gasteiger partial charge < -0.3 is 15.2 Å². The van der Waals surface area contributed by atoms with Crippen LogP contribution in [0.4, 0.5) is 0 Å². The number of hydrogen-bond donors (Lipinski definition) is 3. The molecule has 0 saturated heterocycles. The number of benzene rings is 1. The van der Waals surface area contributed by atoms with Crippen molar-refractivity contribution in [3.8, 4) is 0 Å². The quantitative estimate of drug-likeness (QED) is 0.662. The number of nitrogens with one attached hydrogen (secondary N) is 1. The molecule has 1 fully saturated rings. The molecule has 4 unspecified atom stereocenters. The Kier molecular flexibility index (Phi) is 3.46. The van der Waals surface area contributed by atoms with Gasteiger partial charge in [0.25, 0.3) is 0 Å². The third kappa shape index (κ3) is 2.11. The van der Waals surface area contributed by atoms with Gasteiger partial charge in [-0.1, -0.05) is 36.3 Å². The predicted octanol–water partition coefficient (Wildman–Crippen LogP) is 4.23. The highest BCUT2D eigenvalue weighted by Gasteiger charge is 2.60. The van der Waals surface area contributed by atoms with E-state index in [4.69, 9.17) is 0 Å². The molecule has 1 heterocycles. The van der Waals surface area contributed by atoms with Crippen LogP contribution in [-0.2, 0) is 17.6 Å². The summed E-state index contributed by atoms with van der Waals surface area (Å²) in [6.07, 6.45) is 4.33. The molecule has 1 saturated carbocycles. The van der Waals surface area contributed by atoms with E-state index in [2.05, 4.69) is 36.2 Å². The van der Waals surface area contributed by atoms with Crippen molar-refractivity contribution in [3.63, 3.8) is 0 Å². The molecule has 0 radical (unpaired) electrons. The average molecular weight is 365 g/mol. The minimum Gasteiger partial charge on any atom is -0.481 e. The normalized spacial score (nSPS) is 35.5. The van der Waals surface area contributed by atoms with Crippen LogP contribution in [0, 0.1) is 16.7 Å². The van der Waals surface area contributed by atoms with Gasteiger partial charge in [0.15, 0.2) is 0 Å².